The first-order valence-corrected chi connectivity index (χ1v) is 3.75. The Labute approximate surface area is 62.5 Å². The van der Waals surface area contributed by atoms with E-state index in [1.807, 2.05) is 0 Å². The molecule has 0 amide bonds. The zero-order valence-corrected chi connectivity index (χ0v) is 6.19. The monoisotopic (exact) mass is 135 g/mol. The van der Waals surface area contributed by atoms with Crippen LogP contribution < -0.4 is 5.32 Å². The van der Waals surface area contributed by atoms with Crippen molar-refractivity contribution >= 4 is 0 Å². The topological polar surface area (TPSA) is 12.0 Å². The summed E-state index contributed by atoms with van der Waals surface area (Å²) in [5.41, 5.74) is 1.52. The summed E-state index contributed by atoms with van der Waals surface area (Å²) in [6.45, 7) is 2.24. The highest BCUT2D eigenvalue weighted by atomic mass is 14.9. The maximum absolute atomic E-state index is 5.14. The fourth-order valence-electron chi connectivity index (χ4n) is 1.16. The van der Waals surface area contributed by atoms with E-state index in [4.69, 9.17) is 6.42 Å². The van der Waals surface area contributed by atoms with Gasteiger partial charge in [-0.3, -0.25) is 0 Å². The fraction of sp³-hybridized carbons (Fsp3) is 0.556. The van der Waals surface area contributed by atoms with Gasteiger partial charge in [0.05, 0.1) is 0 Å². The van der Waals surface area contributed by atoms with Crippen molar-refractivity contribution in [1.82, 2.24) is 5.32 Å². The number of terminal acetylenes is 1. The van der Waals surface area contributed by atoms with Gasteiger partial charge in [-0.05, 0) is 25.9 Å². The molecule has 0 aromatic heterocycles. The Balaban J connectivity index is 2.32. The molecule has 1 fully saturated rings. The molecule has 10 heavy (non-hydrogen) atoms. The molecule has 1 heteroatoms. The summed E-state index contributed by atoms with van der Waals surface area (Å²) in [5.74, 6) is 2.62. The molecule has 0 saturated carbocycles. The van der Waals surface area contributed by atoms with Gasteiger partial charge >= 0.3 is 0 Å². The van der Waals surface area contributed by atoms with E-state index in [1.54, 1.807) is 0 Å². The van der Waals surface area contributed by atoms with E-state index in [2.05, 4.69) is 17.3 Å². The van der Waals surface area contributed by atoms with Crippen LogP contribution in [0.2, 0.25) is 0 Å². The van der Waals surface area contributed by atoms with Gasteiger partial charge in [0.2, 0.25) is 0 Å². The Morgan fingerprint density at radius 2 is 2.20 bits per heavy atom. The minimum Gasteiger partial charge on any atom is -0.316 e. The minimum atomic E-state index is 0.801. The Hall–Kier alpha value is -0.740. The molecular weight excluding hydrogens is 122 g/mol. The van der Waals surface area contributed by atoms with Crippen LogP contribution >= 0.6 is 0 Å². The summed E-state index contributed by atoms with van der Waals surface area (Å²) in [6.07, 6.45) is 10.5. The van der Waals surface area contributed by atoms with Gasteiger partial charge in [-0.15, -0.1) is 12.3 Å². The molecule has 0 aromatic rings. The third-order valence-electron chi connectivity index (χ3n) is 1.75. The Bertz CT molecular complexity index is 154. The lowest BCUT2D eigenvalue weighted by molar-refractivity contribution is 0.608. The van der Waals surface area contributed by atoms with Crippen molar-refractivity contribution in [2.75, 3.05) is 13.1 Å². The Kier molecular flexibility index (Phi) is 3.05. The average molecular weight is 135 g/mol. The molecule has 1 nitrogen and oxygen atoms in total. The lowest BCUT2D eigenvalue weighted by Gasteiger charge is -2.14. The molecule has 1 rings (SSSR count). The first-order valence-electron chi connectivity index (χ1n) is 3.75. The largest absolute Gasteiger partial charge is 0.316 e. The lowest BCUT2D eigenvalue weighted by Crippen LogP contribution is -2.22. The molecule has 1 heterocycles. The van der Waals surface area contributed by atoms with Crippen LogP contribution in [0.1, 0.15) is 19.3 Å². The number of allylic oxidation sites excluding steroid dienone is 1. The highest BCUT2D eigenvalue weighted by molar-refractivity contribution is 5.09. The first-order chi connectivity index (χ1) is 4.93. The second-order valence-electron chi connectivity index (χ2n) is 2.52. The normalized spacial score (nSPS) is 18.1. The number of hydrogen-bond donors (Lipinski definition) is 1. The van der Waals surface area contributed by atoms with E-state index in [-0.39, 0.29) is 0 Å². The van der Waals surface area contributed by atoms with Crippen molar-refractivity contribution < 1.29 is 0 Å². The first kappa shape index (κ1) is 7.37. The van der Waals surface area contributed by atoms with Crippen molar-refractivity contribution in [3.63, 3.8) is 0 Å². The standard InChI is InChI=1S/C9H13N/c1-2-3-4-9-5-7-10-8-6-9/h1,4,10H,3,5-8H2. The van der Waals surface area contributed by atoms with Gasteiger partial charge < -0.3 is 5.32 Å². The number of rotatable bonds is 1. The zero-order valence-electron chi connectivity index (χ0n) is 6.19. The van der Waals surface area contributed by atoms with Crippen LogP contribution in [0.25, 0.3) is 0 Å². The maximum atomic E-state index is 5.14. The molecule has 0 bridgehead atoms. The van der Waals surface area contributed by atoms with Gasteiger partial charge in [0, 0.05) is 6.42 Å². The summed E-state index contributed by atoms with van der Waals surface area (Å²) in [7, 11) is 0. The predicted molar refractivity (Wildman–Crippen MR) is 43.6 cm³/mol. The fourth-order valence-corrected chi connectivity index (χ4v) is 1.16. The van der Waals surface area contributed by atoms with Crippen LogP contribution in [-0.2, 0) is 0 Å². The molecule has 0 aliphatic carbocycles. The van der Waals surface area contributed by atoms with E-state index < -0.39 is 0 Å². The molecule has 0 spiro atoms. The van der Waals surface area contributed by atoms with Gasteiger partial charge in [0.15, 0.2) is 0 Å². The lowest BCUT2D eigenvalue weighted by atomic mass is 10.0. The van der Waals surface area contributed by atoms with Crippen LogP contribution in [-0.4, -0.2) is 13.1 Å². The highest BCUT2D eigenvalue weighted by Crippen LogP contribution is 2.09. The van der Waals surface area contributed by atoms with Crippen molar-refractivity contribution in [2.45, 2.75) is 19.3 Å². The molecule has 1 aliphatic heterocycles. The third kappa shape index (κ3) is 2.24. The van der Waals surface area contributed by atoms with E-state index in [9.17, 15) is 0 Å². The van der Waals surface area contributed by atoms with E-state index >= 15 is 0 Å². The molecule has 1 N–H and O–H groups in total. The SMILES string of the molecule is C#CCC=C1CCNCC1. The molecule has 54 valence electrons. The van der Waals surface area contributed by atoms with Gasteiger partial charge in [-0.2, -0.15) is 0 Å². The molecular formula is C9H13N. The number of hydrogen-bond acceptors (Lipinski definition) is 1. The van der Waals surface area contributed by atoms with Crippen LogP contribution in [0.5, 0.6) is 0 Å². The summed E-state index contributed by atoms with van der Waals surface area (Å²) in [5, 5.41) is 3.30. The predicted octanol–water partition coefficient (Wildman–Crippen LogP) is 1.32. The van der Waals surface area contributed by atoms with Crippen LogP contribution in [0.4, 0.5) is 0 Å². The maximum Gasteiger partial charge on any atom is 0.0269 e. The molecule has 1 saturated heterocycles. The second kappa shape index (κ2) is 4.14. The van der Waals surface area contributed by atoms with Crippen molar-refractivity contribution in [3.05, 3.63) is 11.6 Å². The van der Waals surface area contributed by atoms with Crippen LogP contribution in [0.3, 0.4) is 0 Å². The second-order valence-corrected chi connectivity index (χ2v) is 2.52. The number of nitrogens with one attached hydrogen (secondary N) is 1. The summed E-state index contributed by atoms with van der Waals surface area (Å²) in [6, 6.07) is 0. The van der Waals surface area contributed by atoms with E-state index in [1.165, 1.54) is 18.4 Å². The Morgan fingerprint density at radius 1 is 1.50 bits per heavy atom. The van der Waals surface area contributed by atoms with Gasteiger partial charge in [-0.25, -0.2) is 0 Å². The molecule has 0 radical (unpaired) electrons. The van der Waals surface area contributed by atoms with E-state index in [0.29, 0.717) is 0 Å². The molecule has 0 aromatic carbocycles. The van der Waals surface area contributed by atoms with Gasteiger partial charge in [0.1, 0.15) is 0 Å². The minimum absolute atomic E-state index is 0.801. The summed E-state index contributed by atoms with van der Waals surface area (Å²) < 4.78 is 0. The van der Waals surface area contributed by atoms with Crippen molar-refractivity contribution in [1.29, 1.82) is 0 Å². The van der Waals surface area contributed by atoms with Gasteiger partial charge in [0.25, 0.3) is 0 Å². The van der Waals surface area contributed by atoms with E-state index in [0.717, 1.165) is 19.5 Å². The highest BCUT2D eigenvalue weighted by Gasteiger charge is 2.01. The van der Waals surface area contributed by atoms with Crippen LogP contribution in [0.15, 0.2) is 11.6 Å². The molecule has 0 unspecified atom stereocenters. The smallest absolute Gasteiger partial charge is 0.0269 e. The average Bonchev–Trinajstić information content (AvgIpc) is 2.03. The van der Waals surface area contributed by atoms with Crippen LogP contribution in [0, 0.1) is 12.3 Å². The zero-order chi connectivity index (χ0) is 7.23. The molecule has 1 aliphatic rings. The summed E-state index contributed by atoms with van der Waals surface area (Å²) >= 11 is 0. The Morgan fingerprint density at radius 3 is 2.80 bits per heavy atom. The van der Waals surface area contributed by atoms with Crippen molar-refractivity contribution in [3.8, 4) is 12.3 Å². The third-order valence-corrected chi connectivity index (χ3v) is 1.75. The summed E-state index contributed by atoms with van der Waals surface area (Å²) in [4.78, 5) is 0. The number of piperidine rings is 1. The van der Waals surface area contributed by atoms with Crippen molar-refractivity contribution in [2.24, 2.45) is 0 Å². The quantitative estimate of drug-likeness (QED) is 0.422. The van der Waals surface area contributed by atoms with Gasteiger partial charge in [-0.1, -0.05) is 11.6 Å². The molecule has 0 atom stereocenters.